The van der Waals surface area contributed by atoms with Crippen LogP contribution >= 0.6 is 0 Å². The Morgan fingerprint density at radius 1 is 0.596 bits per heavy atom. The molecule has 308 valence electrons. The molecule has 0 bridgehead atoms. The first-order chi connectivity index (χ1) is 27.6. The van der Waals surface area contributed by atoms with E-state index in [0.717, 1.165) is 81.9 Å². The number of Topliss-reactive ketones (excluding diaryl/α,β-unsaturated/α-hetero) is 2. The van der Waals surface area contributed by atoms with Gasteiger partial charge in [-0.05, 0) is 62.7 Å². The van der Waals surface area contributed by atoms with Crippen LogP contribution in [0.5, 0.6) is 0 Å². The molecule has 1 heterocycles. The van der Waals surface area contributed by atoms with E-state index in [1.54, 1.807) is 0 Å². The highest BCUT2D eigenvalue weighted by Gasteiger charge is 2.19. The molecule has 0 spiro atoms. The second-order valence-corrected chi connectivity index (χ2v) is 13.7. The van der Waals surface area contributed by atoms with Crippen molar-refractivity contribution < 1.29 is 43.1 Å². The quantitative estimate of drug-likeness (QED) is 0.225. The highest BCUT2D eigenvalue weighted by Crippen LogP contribution is 2.11. The van der Waals surface area contributed by atoms with Gasteiger partial charge in [0.15, 0.2) is 5.78 Å². The van der Waals surface area contributed by atoms with E-state index < -0.39 is 0 Å². The summed E-state index contributed by atoms with van der Waals surface area (Å²) in [6, 6.07) is 28.4. The minimum atomic E-state index is -0.301. The topological polar surface area (TPSA) is 171 Å². The van der Waals surface area contributed by atoms with Crippen LogP contribution in [0.15, 0.2) is 84.9 Å². The Balaban J connectivity index is 0.00000165. The van der Waals surface area contributed by atoms with Gasteiger partial charge in [0.2, 0.25) is 0 Å². The number of likely N-dealkylation sites (N-methyl/N-ethyl adjacent to an activating group) is 3. The van der Waals surface area contributed by atoms with Crippen molar-refractivity contribution >= 4 is 30.0 Å². The molecule has 1 aliphatic rings. The Morgan fingerprint density at radius 2 is 1.02 bits per heavy atom. The van der Waals surface area contributed by atoms with E-state index >= 15 is 0 Å². The van der Waals surface area contributed by atoms with Crippen LogP contribution in [0.2, 0.25) is 0 Å². The Hall–Kier alpha value is -5.10. The maximum Gasteiger partial charge on any atom is 0.373 e. The fraction of sp³-hybridized carbons (Fsp3) is 0.465. The molecule has 1 saturated heterocycles. The average Bonchev–Trinajstić information content (AvgIpc) is 3.21. The van der Waals surface area contributed by atoms with Crippen molar-refractivity contribution in [1.82, 2.24) is 24.9 Å². The van der Waals surface area contributed by atoms with Crippen molar-refractivity contribution in [2.24, 2.45) is 0 Å². The lowest BCUT2D eigenvalue weighted by molar-refractivity contribution is -0.193. The first kappa shape index (κ1) is 49.9. The maximum atomic E-state index is 13.2. The predicted molar refractivity (Wildman–Crippen MR) is 210 cm³/mol. The lowest BCUT2D eigenvalue weighted by Gasteiger charge is -2.30. The van der Waals surface area contributed by atoms with E-state index in [9.17, 15) is 9.59 Å². The Labute approximate surface area is 336 Å². The molecule has 0 radical (unpaired) electrons. The van der Waals surface area contributed by atoms with Gasteiger partial charge in [-0.25, -0.2) is 0 Å². The third-order valence-electron chi connectivity index (χ3n) is 9.30. The Morgan fingerprint density at radius 3 is 1.51 bits per heavy atom. The normalized spacial score (nSPS) is 14.7. The van der Waals surface area contributed by atoms with Gasteiger partial charge in [0.1, 0.15) is 12.4 Å². The van der Waals surface area contributed by atoms with Gasteiger partial charge >= 0.3 is 18.5 Å². The number of nitrogens with one attached hydrogen (secondary N) is 1. The van der Waals surface area contributed by atoms with Crippen LogP contribution in [-0.2, 0) is 69.1 Å². The van der Waals surface area contributed by atoms with Gasteiger partial charge < -0.3 is 24.8 Å². The number of benzene rings is 3. The van der Waals surface area contributed by atoms with Crippen LogP contribution in [0.3, 0.4) is 0 Å². The van der Waals surface area contributed by atoms with E-state index in [4.69, 9.17) is 33.5 Å². The van der Waals surface area contributed by atoms with E-state index in [0.29, 0.717) is 38.3 Å². The minimum Gasteiger partial charge on any atom is -0.369 e. The molecule has 14 nitrogen and oxygen atoms in total. The van der Waals surface area contributed by atoms with Crippen molar-refractivity contribution in [1.29, 1.82) is 0 Å². The Kier molecular flexibility index (Phi) is 28.1. The van der Waals surface area contributed by atoms with Gasteiger partial charge in [-0.2, -0.15) is 28.8 Å². The van der Waals surface area contributed by atoms with Gasteiger partial charge in [-0.15, -0.1) is 0 Å². The SMILES string of the molecule is CN1CCN(C)CCN(CC(=O)CCc2ccc(CN[C@H](CCc3ccccc3)C(=O)COCc3ccccc3)cc2)CCN(C)CC1.O=C=O.O=C=O.O=C=O. The van der Waals surface area contributed by atoms with Crippen molar-refractivity contribution in [3.05, 3.63) is 107 Å². The molecule has 0 unspecified atom stereocenters. The van der Waals surface area contributed by atoms with Crippen LogP contribution in [0.25, 0.3) is 0 Å². The summed E-state index contributed by atoms with van der Waals surface area (Å²) in [6.45, 7) is 9.59. The number of carbonyl (C=O) groups excluding carboxylic acids is 8. The fourth-order valence-electron chi connectivity index (χ4n) is 5.87. The Bertz CT molecular complexity index is 1580. The summed E-state index contributed by atoms with van der Waals surface area (Å²) in [7, 11) is 6.55. The van der Waals surface area contributed by atoms with E-state index in [-0.39, 0.29) is 36.9 Å². The number of hydrogen-bond acceptors (Lipinski definition) is 14. The van der Waals surface area contributed by atoms with Gasteiger partial charge in [-0.3, -0.25) is 14.5 Å². The van der Waals surface area contributed by atoms with Crippen molar-refractivity contribution in [2.45, 2.75) is 44.9 Å². The van der Waals surface area contributed by atoms with Gasteiger partial charge in [0.25, 0.3) is 0 Å². The summed E-state index contributed by atoms with van der Waals surface area (Å²) < 4.78 is 5.80. The number of rotatable bonds is 16. The molecule has 14 heteroatoms. The van der Waals surface area contributed by atoms with Crippen LogP contribution in [-0.4, -0.2) is 142 Å². The van der Waals surface area contributed by atoms with Crippen LogP contribution < -0.4 is 5.32 Å². The maximum absolute atomic E-state index is 13.2. The molecule has 3 aromatic carbocycles. The van der Waals surface area contributed by atoms with Crippen molar-refractivity contribution in [2.75, 3.05) is 86.7 Å². The minimum absolute atomic E-state index is 0.0696. The molecular formula is C43H57N5O9. The highest BCUT2D eigenvalue weighted by molar-refractivity contribution is 5.85. The van der Waals surface area contributed by atoms with Crippen LogP contribution in [0.1, 0.15) is 35.1 Å². The van der Waals surface area contributed by atoms with Gasteiger partial charge in [0, 0.05) is 65.3 Å². The number of aryl methyl sites for hydroxylation is 2. The van der Waals surface area contributed by atoms with Crippen molar-refractivity contribution in [3.8, 4) is 0 Å². The highest BCUT2D eigenvalue weighted by atomic mass is 16.5. The van der Waals surface area contributed by atoms with Crippen LogP contribution in [0.4, 0.5) is 0 Å². The fourth-order valence-corrected chi connectivity index (χ4v) is 5.87. The zero-order valence-electron chi connectivity index (χ0n) is 33.4. The summed E-state index contributed by atoms with van der Waals surface area (Å²) >= 11 is 0. The average molecular weight is 788 g/mol. The monoisotopic (exact) mass is 787 g/mol. The summed E-state index contributed by atoms with van der Waals surface area (Å²) in [5.74, 6) is 0.368. The predicted octanol–water partition coefficient (Wildman–Crippen LogP) is 2.43. The van der Waals surface area contributed by atoms with Crippen LogP contribution in [0, 0.1) is 0 Å². The van der Waals surface area contributed by atoms with Gasteiger partial charge in [-0.1, -0.05) is 84.9 Å². The number of hydrogen-bond donors (Lipinski definition) is 1. The number of nitrogens with zero attached hydrogens (tertiary/aromatic N) is 4. The van der Waals surface area contributed by atoms with E-state index in [1.807, 2.05) is 48.5 Å². The molecule has 3 aromatic rings. The molecule has 1 N–H and O–H groups in total. The number of ketones is 2. The first-order valence-electron chi connectivity index (χ1n) is 18.9. The smallest absolute Gasteiger partial charge is 0.369 e. The second kappa shape index (κ2) is 32.0. The number of carbonyl (C=O) groups is 2. The third-order valence-corrected chi connectivity index (χ3v) is 9.30. The summed E-state index contributed by atoms with van der Waals surface area (Å²) in [6.07, 6.45) is 3.56. The first-order valence-corrected chi connectivity index (χ1v) is 18.9. The molecule has 4 rings (SSSR count). The number of ether oxygens (including phenoxy) is 1. The third kappa shape index (κ3) is 24.9. The lowest BCUT2D eigenvalue weighted by atomic mass is 10.0. The molecule has 0 amide bonds. The van der Waals surface area contributed by atoms with Gasteiger partial charge in [0.05, 0.1) is 19.2 Å². The molecular weight excluding hydrogens is 730 g/mol. The zero-order chi connectivity index (χ0) is 42.1. The molecule has 57 heavy (non-hydrogen) atoms. The summed E-state index contributed by atoms with van der Waals surface area (Å²) in [4.78, 5) is 84.5. The second-order valence-electron chi connectivity index (χ2n) is 13.7. The van der Waals surface area contributed by atoms with E-state index in [2.05, 4.69) is 82.5 Å². The molecule has 0 aliphatic carbocycles. The zero-order valence-corrected chi connectivity index (χ0v) is 33.4. The molecule has 1 atom stereocenters. The standard InChI is InChI=1S/C40H57N5O3.3CO2/c1-42-22-24-43(2)26-28-45(29-27-44(3)25-23-42)31-38(46)20-18-35-14-16-36(17-15-35)30-41-39(21-19-34-10-6-4-7-11-34)40(47)33-48-32-37-12-8-5-9-13-37;3*2-1-3/h4-17,39,41H,18-33H2,1-3H3;;;/t39-;;;/m1.../s1. The largest absolute Gasteiger partial charge is 0.373 e. The summed E-state index contributed by atoms with van der Waals surface area (Å²) in [5, 5.41) is 3.51. The molecule has 1 aliphatic heterocycles. The molecule has 0 saturated carbocycles. The lowest BCUT2D eigenvalue weighted by Crippen LogP contribution is -2.44. The summed E-state index contributed by atoms with van der Waals surface area (Å²) in [5.41, 5.74) is 4.56. The van der Waals surface area contributed by atoms with E-state index in [1.165, 1.54) is 5.56 Å². The molecule has 0 aromatic heterocycles. The van der Waals surface area contributed by atoms with Crippen molar-refractivity contribution in [3.63, 3.8) is 0 Å². The molecule has 1 fully saturated rings.